The van der Waals surface area contributed by atoms with Crippen LogP contribution in [0.4, 0.5) is 0 Å². The maximum Gasteiger partial charge on any atom is 0.122 e. The molecule has 0 spiro atoms. The Bertz CT molecular complexity index is 339. The lowest BCUT2D eigenvalue weighted by atomic mass is 10.0. The lowest BCUT2D eigenvalue weighted by Gasteiger charge is -2.13. The van der Waals surface area contributed by atoms with Crippen molar-refractivity contribution in [2.45, 2.75) is 52.5 Å². The zero-order chi connectivity index (χ0) is 12.7. The Morgan fingerprint density at radius 2 is 1.94 bits per heavy atom. The summed E-state index contributed by atoms with van der Waals surface area (Å²) >= 11 is 0. The number of benzene rings is 1. The van der Waals surface area contributed by atoms with E-state index < -0.39 is 0 Å². The highest BCUT2D eigenvalue weighted by atomic mass is 35.5. The molecule has 2 N–H and O–H groups in total. The number of halogens is 1. The first-order valence-electron chi connectivity index (χ1n) is 6.67. The van der Waals surface area contributed by atoms with Gasteiger partial charge < -0.3 is 10.5 Å². The van der Waals surface area contributed by atoms with Gasteiger partial charge in [-0.05, 0) is 43.4 Å². The summed E-state index contributed by atoms with van der Waals surface area (Å²) in [5, 5.41) is 0. The smallest absolute Gasteiger partial charge is 0.122 e. The molecule has 0 saturated carbocycles. The quantitative estimate of drug-likeness (QED) is 0.820. The second-order valence-corrected chi connectivity index (χ2v) is 4.72. The van der Waals surface area contributed by atoms with Crippen LogP contribution in [0.5, 0.6) is 5.75 Å². The van der Waals surface area contributed by atoms with Gasteiger partial charge in [-0.25, -0.2) is 0 Å². The minimum atomic E-state index is 0. The van der Waals surface area contributed by atoms with Crippen molar-refractivity contribution in [2.75, 3.05) is 6.61 Å². The average Bonchev–Trinajstić information content (AvgIpc) is 2.28. The van der Waals surface area contributed by atoms with Gasteiger partial charge in [0.1, 0.15) is 5.75 Å². The molecule has 0 radical (unpaired) electrons. The van der Waals surface area contributed by atoms with Crippen LogP contribution in [0, 0.1) is 0 Å². The summed E-state index contributed by atoms with van der Waals surface area (Å²) in [6, 6.07) is 6.69. The third kappa shape index (κ3) is 5.74. The molecule has 0 bridgehead atoms. The van der Waals surface area contributed by atoms with E-state index in [1.165, 1.54) is 11.1 Å². The van der Waals surface area contributed by atoms with Crippen LogP contribution < -0.4 is 10.5 Å². The van der Waals surface area contributed by atoms with Crippen molar-refractivity contribution in [1.82, 2.24) is 0 Å². The van der Waals surface area contributed by atoms with Crippen LogP contribution in [0.15, 0.2) is 18.2 Å². The molecule has 0 heterocycles. The SMILES string of the molecule is CCCOc1ccc(CC(C)N)cc1CCC.Cl. The normalized spacial score (nSPS) is 11.8. The first-order valence-corrected chi connectivity index (χ1v) is 6.67. The highest BCUT2D eigenvalue weighted by Gasteiger charge is 2.06. The number of nitrogens with two attached hydrogens (primary N) is 1. The van der Waals surface area contributed by atoms with Crippen LogP contribution in [0.2, 0.25) is 0 Å². The Labute approximate surface area is 117 Å². The van der Waals surface area contributed by atoms with E-state index in [0.29, 0.717) is 0 Å². The van der Waals surface area contributed by atoms with Gasteiger partial charge >= 0.3 is 0 Å². The van der Waals surface area contributed by atoms with Crippen molar-refractivity contribution in [3.05, 3.63) is 29.3 Å². The van der Waals surface area contributed by atoms with Gasteiger partial charge in [-0.15, -0.1) is 12.4 Å². The number of ether oxygens (including phenoxy) is 1. The molecule has 104 valence electrons. The van der Waals surface area contributed by atoms with Crippen LogP contribution >= 0.6 is 12.4 Å². The van der Waals surface area contributed by atoms with Gasteiger partial charge in [-0.1, -0.05) is 32.4 Å². The van der Waals surface area contributed by atoms with Crippen molar-refractivity contribution >= 4 is 12.4 Å². The van der Waals surface area contributed by atoms with Gasteiger partial charge in [-0.3, -0.25) is 0 Å². The van der Waals surface area contributed by atoms with E-state index in [4.69, 9.17) is 10.5 Å². The number of rotatable bonds is 7. The zero-order valence-electron chi connectivity index (χ0n) is 11.7. The van der Waals surface area contributed by atoms with Gasteiger partial charge in [-0.2, -0.15) is 0 Å². The van der Waals surface area contributed by atoms with Gasteiger partial charge in [0.25, 0.3) is 0 Å². The van der Waals surface area contributed by atoms with Gasteiger partial charge in [0.15, 0.2) is 0 Å². The molecule has 1 atom stereocenters. The van der Waals surface area contributed by atoms with Gasteiger partial charge in [0.2, 0.25) is 0 Å². The average molecular weight is 272 g/mol. The van der Waals surface area contributed by atoms with Gasteiger partial charge in [0.05, 0.1) is 6.61 Å². The molecule has 0 aliphatic carbocycles. The molecule has 0 aliphatic rings. The standard InChI is InChI=1S/C15H25NO.ClH/c1-4-6-14-11-13(10-12(3)16)7-8-15(14)17-9-5-2;/h7-8,11-12H,4-6,9-10,16H2,1-3H3;1H. The second kappa shape index (κ2) is 9.23. The molecule has 18 heavy (non-hydrogen) atoms. The molecule has 1 aromatic rings. The molecule has 0 aliphatic heterocycles. The van der Waals surface area contributed by atoms with Gasteiger partial charge in [0, 0.05) is 6.04 Å². The Hall–Kier alpha value is -0.730. The topological polar surface area (TPSA) is 35.2 Å². The third-order valence-electron chi connectivity index (χ3n) is 2.66. The van der Waals surface area contributed by atoms with Crippen LogP contribution in [0.3, 0.4) is 0 Å². The minimum Gasteiger partial charge on any atom is -0.493 e. The summed E-state index contributed by atoms with van der Waals surface area (Å²) in [5.41, 5.74) is 8.47. The highest BCUT2D eigenvalue weighted by Crippen LogP contribution is 2.22. The fraction of sp³-hybridized carbons (Fsp3) is 0.600. The molecular formula is C15H26ClNO. The summed E-state index contributed by atoms with van der Waals surface area (Å²) in [7, 11) is 0. The lowest BCUT2D eigenvalue weighted by Crippen LogP contribution is -2.17. The van der Waals surface area contributed by atoms with Crippen molar-refractivity contribution < 1.29 is 4.74 Å². The molecule has 0 fully saturated rings. The Balaban J connectivity index is 0.00000289. The number of hydrogen-bond donors (Lipinski definition) is 1. The van der Waals surface area contributed by atoms with E-state index >= 15 is 0 Å². The minimum absolute atomic E-state index is 0. The van der Waals surface area contributed by atoms with Crippen molar-refractivity contribution in [3.8, 4) is 5.75 Å². The van der Waals surface area contributed by atoms with Crippen molar-refractivity contribution in [2.24, 2.45) is 5.73 Å². The Kier molecular flexibility index (Phi) is 8.86. The lowest BCUT2D eigenvalue weighted by molar-refractivity contribution is 0.314. The Morgan fingerprint density at radius 3 is 2.50 bits per heavy atom. The van der Waals surface area contributed by atoms with Crippen LogP contribution in [-0.2, 0) is 12.8 Å². The summed E-state index contributed by atoms with van der Waals surface area (Å²) in [4.78, 5) is 0. The van der Waals surface area contributed by atoms with E-state index in [-0.39, 0.29) is 18.4 Å². The first-order chi connectivity index (χ1) is 8.17. The van der Waals surface area contributed by atoms with Crippen molar-refractivity contribution in [3.63, 3.8) is 0 Å². The predicted molar refractivity (Wildman–Crippen MR) is 80.8 cm³/mol. The summed E-state index contributed by atoms with van der Waals surface area (Å²) in [5.74, 6) is 1.04. The van der Waals surface area contributed by atoms with Crippen LogP contribution in [-0.4, -0.2) is 12.6 Å². The fourth-order valence-electron chi connectivity index (χ4n) is 1.95. The van der Waals surface area contributed by atoms with Crippen LogP contribution in [0.25, 0.3) is 0 Å². The van der Waals surface area contributed by atoms with Crippen molar-refractivity contribution in [1.29, 1.82) is 0 Å². The maximum atomic E-state index is 5.84. The largest absolute Gasteiger partial charge is 0.493 e. The molecule has 1 unspecified atom stereocenters. The molecule has 0 aromatic heterocycles. The number of hydrogen-bond acceptors (Lipinski definition) is 2. The highest BCUT2D eigenvalue weighted by molar-refractivity contribution is 5.85. The van der Waals surface area contributed by atoms with Crippen LogP contribution in [0.1, 0.15) is 44.7 Å². The molecule has 2 nitrogen and oxygen atoms in total. The number of aryl methyl sites for hydroxylation is 1. The molecular weight excluding hydrogens is 246 g/mol. The summed E-state index contributed by atoms with van der Waals surface area (Å²) < 4.78 is 5.77. The van der Waals surface area contributed by atoms with E-state index in [1.807, 2.05) is 6.92 Å². The van der Waals surface area contributed by atoms with E-state index in [2.05, 4.69) is 32.0 Å². The molecule has 0 amide bonds. The summed E-state index contributed by atoms with van der Waals surface area (Å²) in [6.45, 7) is 7.16. The van der Waals surface area contributed by atoms with E-state index in [0.717, 1.165) is 38.0 Å². The molecule has 1 aromatic carbocycles. The monoisotopic (exact) mass is 271 g/mol. The second-order valence-electron chi connectivity index (χ2n) is 4.72. The molecule has 3 heteroatoms. The predicted octanol–water partition coefficient (Wildman–Crippen LogP) is 3.74. The zero-order valence-corrected chi connectivity index (χ0v) is 12.6. The first kappa shape index (κ1) is 17.3. The van der Waals surface area contributed by atoms with E-state index in [1.54, 1.807) is 0 Å². The molecule has 0 saturated heterocycles. The Morgan fingerprint density at radius 1 is 1.22 bits per heavy atom. The molecule has 1 rings (SSSR count). The third-order valence-corrected chi connectivity index (χ3v) is 2.66. The maximum absolute atomic E-state index is 5.84. The fourth-order valence-corrected chi connectivity index (χ4v) is 1.95. The summed E-state index contributed by atoms with van der Waals surface area (Å²) in [6.07, 6.45) is 4.20. The van der Waals surface area contributed by atoms with E-state index in [9.17, 15) is 0 Å².